The number of nitriles is 1. The zero-order valence-electron chi connectivity index (χ0n) is 21.2. The summed E-state index contributed by atoms with van der Waals surface area (Å²) in [5.74, 6) is -0.343. The third-order valence-electron chi connectivity index (χ3n) is 6.79. The van der Waals surface area contributed by atoms with E-state index in [-0.39, 0.29) is 18.7 Å². The number of allylic oxidation sites excluding steroid dienone is 1. The van der Waals surface area contributed by atoms with E-state index < -0.39 is 5.67 Å². The normalized spacial score (nSPS) is 16.6. The van der Waals surface area contributed by atoms with E-state index in [2.05, 4.69) is 42.8 Å². The third kappa shape index (κ3) is 7.65. The van der Waals surface area contributed by atoms with Crippen molar-refractivity contribution in [1.82, 2.24) is 14.7 Å². The van der Waals surface area contributed by atoms with E-state index in [0.717, 1.165) is 32.5 Å². The Morgan fingerprint density at radius 3 is 2.52 bits per heavy atom. The largest absolute Gasteiger partial charge is 0.340 e. The third-order valence-corrected chi connectivity index (χ3v) is 6.79. The second kappa shape index (κ2) is 12.9. The summed E-state index contributed by atoms with van der Waals surface area (Å²) in [5, 5.41) is 9.20. The van der Waals surface area contributed by atoms with E-state index in [1.54, 1.807) is 4.90 Å². The minimum absolute atomic E-state index is 0.272. The molecule has 0 radical (unpaired) electrons. The zero-order chi connectivity index (χ0) is 24.4. The lowest BCUT2D eigenvalue weighted by Gasteiger charge is -2.38. The lowest BCUT2D eigenvalue weighted by atomic mass is 9.91. The Morgan fingerprint density at radius 2 is 1.94 bits per heavy atom. The van der Waals surface area contributed by atoms with E-state index in [9.17, 15) is 10.1 Å². The molecule has 0 saturated carbocycles. The van der Waals surface area contributed by atoms with Gasteiger partial charge in [0.2, 0.25) is 0 Å². The standard InChI is InChI=1S/C27H41FN4O/c1-6-22(4)20-31-16-12-27(28,13-17-31)26(33)32(8-3)15-9-14-30(5)21-25-18-23(19-29)10-11-24(25)7-2/h6,10-11,18H,7-9,12-17,20-21H2,1-5H3/b22-6+. The first-order valence-corrected chi connectivity index (χ1v) is 12.3. The van der Waals surface area contributed by atoms with Gasteiger partial charge in [0.25, 0.3) is 5.91 Å². The average molecular weight is 457 g/mol. The molecule has 1 amide bonds. The number of carbonyl (C=O) groups is 1. The first kappa shape index (κ1) is 27.0. The Balaban J connectivity index is 1.86. The minimum Gasteiger partial charge on any atom is -0.340 e. The van der Waals surface area contributed by atoms with Crippen LogP contribution in [0.2, 0.25) is 0 Å². The summed E-state index contributed by atoms with van der Waals surface area (Å²) in [6.45, 7) is 12.9. The minimum atomic E-state index is -1.74. The van der Waals surface area contributed by atoms with Crippen molar-refractivity contribution in [1.29, 1.82) is 5.26 Å². The fourth-order valence-electron chi connectivity index (χ4n) is 4.50. The second-order valence-electron chi connectivity index (χ2n) is 9.30. The van der Waals surface area contributed by atoms with E-state index in [1.165, 1.54) is 16.7 Å². The van der Waals surface area contributed by atoms with Crippen molar-refractivity contribution in [3.63, 3.8) is 0 Å². The molecule has 1 fully saturated rings. The number of halogens is 1. The lowest BCUT2D eigenvalue weighted by Crippen LogP contribution is -2.52. The molecule has 0 aliphatic carbocycles. The van der Waals surface area contributed by atoms with Gasteiger partial charge in [-0.2, -0.15) is 5.26 Å². The zero-order valence-corrected chi connectivity index (χ0v) is 21.2. The van der Waals surface area contributed by atoms with Crippen LogP contribution in [0.25, 0.3) is 0 Å². The van der Waals surface area contributed by atoms with Crippen LogP contribution in [0.5, 0.6) is 0 Å². The number of benzene rings is 1. The molecule has 0 unspecified atom stereocenters. The topological polar surface area (TPSA) is 50.6 Å². The van der Waals surface area contributed by atoms with E-state index >= 15 is 4.39 Å². The molecule has 1 aromatic carbocycles. The Kier molecular flexibility index (Phi) is 10.5. The maximum atomic E-state index is 15.6. The van der Waals surface area contributed by atoms with Crippen LogP contribution in [-0.4, -0.2) is 72.6 Å². The van der Waals surface area contributed by atoms with Crippen LogP contribution >= 0.6 is 0 Å². The molecule has 0 N–H and O–H groups in total. The summed E-state index contributed by atoms with van der Waals surface area (Å²) < 4.78 is 15.6. The molecule has 2 rings (SSSR count). The van der Waals surface area contributed by atoms with Gasteiger partial charge in [0.1, 0.15) is 0 Å². The van der Waals surface area contributed by atoms with Crippen molar-refractivity contribution >= 4 is 5.91 Å². The molecule has 1 saturated heterocycles. The fourth-order valence-corrected chi connectivity index (χ4v) is 4.50. The summed E-state index contributed by atoms with van der Waals surface area (Å²) in [6, 6.07) is 8.08. The van der Waals surface area contributed by atoms with Crippen molar-refractivity contribution in [2.75, 3.05) is 46.3 Å². The molecule has 1 heterocycles. The van der Waals surface area contributed by atoms with Gasteiger partial charge >= 0.3 is 0 Å². The Morgan fingerprint density at radius 1 is 1.24 bits per heavy atom. The number of rotatable bonds is 11. The highest BCUT2D eigenvalue weighted by Crippen LogP contribution is 2.29. The highest BCUT2D eigenvalue weighted by molar-refractivity contribution is 5.85. The number of likely N-dealkylation sites (tertiary alicyclic amines) is 1. The Hall–Kier alpha value is -2.23. The van der Waals surface area contributed by atoms with E-state index in [4.69, 9.17) is 0 Å². The number of nitrogens with zero attached hydrogens (tertiary/aromatic N) is 4. The van der Waals surface area contributed by atoms with Crippen LogP contribution in [0.4, 0.5) is 4.39 Å². The van der Waals surface area contributed by atoms with E-state index in [0.29, 0.717) is 31.7 Å². The summed E-state index contributed by atoms with van der Waals surface area (Å²) in [7, 11) is 2.05. The number of piperidine rings is 1. The van der Waals surface area contributed by atoms with Crippen molar-refractivity contribution in [2.45, 2.75) is 65.6 Å². The van der Waals surface area contributed by atoms with Gasteiger partial charge in [0.05, 0.1) is 11.6 Å². The molecular formula is C27H41FN4O. The summed E-state index contributed by atoms with van der Waals surface area (Å²) in [6.07, 6.45) is 4.35. The fraction of sp³-hybridized carbons (Fsp3) is 0.630. The van der Waals surface area contributed by atoms with Crippen LogP contribution in [0.1, 0.15) is 63.6 Å². The number of carbonyl (C=O) groups excluding carboxylic acids is 1. The monoisotopic (exact) mass is 456 g/mol. The molecule has 33 heavy (non-hydrogen) atoms. The molecule has 182 valence electrons. The molecule has 0 atom stereocenters. The number of amides is 1. The number of hydrogen-bond acceptors (Lipinski definition) is 4. The Labute approximate surface area is 199 Å². The number of aryl methyl sites for hydroxylation is 1. The van der Waals surface area contributed by atoms with Crippen molar-refractivity contribution < 1.29 is 9.18 Å². The molecule has 5 nitrogen and oxygen atoms in total. The van der Waals surface area contributed by atoms with Gasteiger partial charge in [0.15, 0.2) is 5.67 Å². The molecule has 6 heteroatoms. The Bertz CT molecular complexity index is 852. The highest BCUT2D eigenvalue weighted by Gasteiger charge is 2.43. The van der Waals surface area contributed by atoms with E-state index in [1.807, 2.05) is 32.0 Å². The summed E-state index contributed by atoms with van der Waals surface area (Å²) in [4.78, 5) is 19.2. The molecule has 0 spiro atoms. The summed E-state index contributed by atoms with van der Waals surface area (Å²) in [5.41, 5.74) is 2.64. The first-order chi connectivity index (χ1) is 15.8. The van der Waals surface area contributed by atoms with Crippen LogP contribution in [0.15, 0.2) is 29.8 Å². The molecule has 1 aromatic rings. The van der Waals surface area contributed by atoms with Crippen LogP contribution in [0.3, 0.4) is 0 Å². The maximum Gasteiger partial charge on any atom is 0.260 e. The quantitative estimate of drug-likeness (QED) is 0.458. The molecule has 0 bridgehead atoms. The van der Waals surface area contributed by atoms with Crippen molar-refractivity contribution in [3.05, 3.63) is 46.5 Å². The van der Waals surface area contributed by atoms with Gasteiger partial charge in [-0.15, -0.1) is 0 Å². The van der Waals surface area contributed by atoms with Gasteiger partial charge in [0, 0.05) is 52.1 Å². The predicted molar refractivity (Wildman–Crippen MR) is 133 cm³/mol. The SMILES string of the molecule is C/C=C(\C)CN1CCC(F)(C(=O)N(CC)CCCN(C)Cc2cc(C#N)ccc2CC)CC1. The lowest BCUT2D eigenvalue weighted by molar-refractivity contribution is -0.147. The van der Waals surface area contributed by atoms with Gasteiger partial charge in [-0.25, -0.2) is 4.39 Å². The molecule has 1 aliphatic heterocycles. The number of alkyl halides is 1. The highest BCUT2D eigenvalue weighted by atomic mass is 19.1. The summed E-state index contributed by atoms with van der Waals surface area (Å²) >= 11 is 0. The molecule has 0 aromatic heterocycles. The van der Waals surface area contributed by atoms with Gasteiger partial charge < -0.3 is 9.80 Å². The molecule has 1 aliphatic rings. The van der Waals surface area contributed by atoms with Crippen LogP contribution in [-0.2, 0) is 17.8 Å². The van der Waals surface area contributed by atoms with Crippen molar-refractivity contribution in [2.24, 2.45) is 0 Å². The predicted octanol–water partition coefficient (Wildman–Crippen LogP) is 4.56. The van der Waals surface area contributed by atoms with Gasteiger partial charge in [-0.1, -0.05) is 24.6 Å². The van der Waals surface area contributed by atoms with Crippen LogP contribution in [0, 0.1) is 11.3 Å². The molecular weight excluding hydrogens is 415 g/mol. The second-order valence-corrected chi connectivity index (χ2v) is 9.30. The number of hydrogen-bond donors (Lipinski definition) is 0. The van der Waals surface area contributed by atoms with Gasteiger partial charge in [-0.05, 0) is 70.5 Å². The van der Waals surface area contributed by atoms with Gasteiger partial charge in [-0.3, -0.25) is 9.69 Å². The van der Waals surface area contributed by atoms with Crippen LogP contribution < -0.4 is 0 Å². The average Bonchev–Trinajstić information content (AvgIpc) is 2.82. The first-order valence-electron chi connectivity index (χ1n) is 12.3. The van der Waals surface area contributed by atoms with Crippen molar-refractivity contribution in [3.8, 4) is 6.07 Å². The smallest absolute Gasteiger partial charge is 0.260 e. The maximum absolute atomic E-state index is 15.6.